The predicted molar refractivity (Wildman–Crippen MR) is 56.7 cm³/mol. The van der Waals surface area contributed by atoms with Gasteiger partial charge in [0, 0.05) is 12.1 Å². The van der Waals surface area contributed by atoms with Gasteiger partial charge in [0.1, 0.15) is 5.69 Å². The molecule has 0 unspecified atom stereocenters. The van der Waals surface area contributed by atoms with Gasteiger partial charge >= 0.3 is 0 Å². The summed E-state index contributed by atoms with van der Waals surface area (Å²) in [5.41, 5.74) is -2.85. The van der Waals surface area contributed by atoms with Crippen LogP contribution in [0.2, 0.25) is 0 Å². The van der Waals surface area contributed by atoms with Crippen molar-refractivity contribution >= 4 is 11.4 Å². The first-order valence-electron chi connectivity index (χ1n) is 5.31. The van der Waals surface area contributed by atoms with Gasteiger partial charge in [0.05, 0.1) is 0 Å². The molecule has 22 heavy (non-hydrogen) atoms. The fraction of sp³-hybridized carbons (Fsp3) is 0. The maximum Gasteiger partial charge on any atom is 0.199 e. The fourth-order valence-electron chi connectivity index (χ4n) is 1.39. The Morgan fingerprint density at radius 3 is 1.55 bits per heavy atom. The molecule has 116 valence electrons. The number of rotatable bonds is 2. The van der Waals surface area contributed by atoms with E-state index < -0.39 is 57.9 Å². The van der Waals surface area contributed by atoms with Crippen LogP contribution in [0.15, 0.2) is 22.4 Å². The average molecular weight is 326 g/mol. The molecular weight excluding hydrogens is 324 g/mol. The minimum absolute atomic E-state index is 0.0444. The molecule has 2 rings (SSSR count). The van der Waals surface area contributed by atoms with E-state index in [1.807, 2.05) is 0 Å². The molecule has 2 nitrogen and oxygen atoms in total. The summed E-state index contributed by atoms with van der Waals surface area (Å²) in [6.07, 6.45) is 0. The Labute approximate surface area is 116 Å². The van der Waals surface area contributed by atoms with Gasteiger partial charge in [-0.2, -0.15) is 0 Å². The van der Waals surface area contributed by atoms with E-state index in [0.29, 0.717) is 0 Å². The molecule has 0 amide bonds. The SMILES string of the molecule is Fc1cc(N=Nc2c(F)c(F)cc(F)c2F)c(F)c(F)c1F. The summed E-state index contributed by atoms with van der Waals surface area (Å²) >= 11 is 0. The quantitative estimate of drug-likeness (QED) is 0.313. The maximum atomic E-state index is 13.2. The molecule has 0 heterocycles. The van der Waals surface area contributed by atoms with Gasteiger partial charge < -0.3 is 0 Å². The van der Waals surface area contributed by atoms with Crippen LogP contribution in [0.3, 0.4) is 0 Å². The lowest BCUT2D eigenvalue weighted by atomic mass is 10.2. The number of halogens is 8. The molecule has 0 saturated heterocycles. The first kappa shape index (κ1) is 15.9. The Kier molecular flexibility index (Phi) is 4.11. The highest BCUT2D eigenvalue weighted by Gasteiger charge is 2.21. The van der Waals surface area contributed by atoms with Crippen molar-refractivity contribution in [2.24, 2.45) is 10.2 Å². The van der Waals surface area contributed by atoms with Crippen molar-refractivity contribution in [1.29, 1.82) is 0 Å². The average Bonchev–Trinajstić information content (AvgIpc) is 2.48. The summed E-state index contributed by atoms with van der Waals surface area (Å²) in [6.45, 7) is 0. The molecule has 0 N–H and O–H groups in total. The molecule has 0 spiro atoms. The van der Waals surface area contributed by atoms with Crippen molar-refractivity contribution in [1.82, 2.24) is 0 Å². The molecule has 0 aliphatic carbocycles. The third-order valence-corrected chi connectivity index (χ3v) is 2.43. The van der Waals surface area contributed by atoms with Crippen LogP contribution in [0, 0.1) is 46.5 Å². The van der Waals surface area contributed by atoms with Gasteiger partial charge in [-0.15, -0.1) is 10.2 Å². The second kappa shape index (κ2) is 5.70. The van der Waals surface area contributed by atoms with Crippen molar-refractivity contribution in [2.45, 2.75) is 0 Å². The van der Waals surface area contributed by atoms with Crippen LogP contribution in [-0.4, -0.2) is 0 Å². The normalized spacial score (nSPS) is 11.5. The number of hydrogen-bond acceptors (Lipinski definition) is 2. The summed E-state index contributed by atoms with van der Waals surface area (Å²) in [6, 6.07) is -0.0653. The van der Waals surface area contributed by atoms with Crippen molar-refractivity contribution in [3.05, 3.63) is 58.7 Å². The van der Waals surface area contributed by atoms with Crippen molar-refractivity contribution in [3.63, 3.8) is 0 Å². The van der Waals surface area contributed by atoms with Crippen LogP contribution >= 0.6 is 0 Å². The lowest BCUT2D eigenvalue weighted by Crippen LogP contribution is -1.95. The van der Waals surface area contributed by atoms with E-state index in [1.165, 1.54) is 0 Å². The molecular formula is C12H2F8N2. The first-order chi connectivity index (χ1) is 10.2. The summed E-state index contributed by atoms with van der Waals surface area (Å²) in [5.74, 6) is -15.8. The summed E-state index contributed by atoms with van der Waals surface area (Å²) in [7, 11) is 0. The van der Waals surface area contributed by atoms with E-state index in [2.05, 4.69) is 10.2 Å². The van der Waals surface area contributed by atoms with Crippen molar-refractivity contribution < 1.29 is 35.1 Å². The van der Waals surface area contributed by atoms with Gasteiger partial charge in [0.15, 0.2) is 52.2 Å². The summed E-state index contributed by atoms with van der Waals surface area (Å²) in [4.78, 5) is 0. The van der Waals surface area contributed by atoms with Crippen molar-refractivity contribution in [2.75, 3.05) is 0 Å². The molecule has 0 saturated carbocycles. The monoisotopic (exact) mass is 326 g/mol. The second-order valence-corrected chi connectivity index (χ2v) is 3.84. The molecule has 0 fully saturated rings. The molecule has 0 radical (unpaired) electrons. The Morgan fingerprint density at radius 2 is 1.00 bits per heavy atom. The third kappa shape index (κ3) is 2.63. The van der Waals surface area contributed by atoms with Crippen LogP contribution < -0.4 is 0 Å². The second-order valence-electron chi connectivity index (χ2n) is 3.84. The minimum atomic E-state index is -2.24. The Bertz CT molecular complexity index is 761. The van der Waals surface area contributed by atoms with Crippen LogP contribution in [0.4, 0.5) is 46.5 Å². The van der Waals surface area contributed by atoms with Gasteiger partial charge in [0.2, 0.25) is 0 Å². The van der Waals surface area contributed by atoms with E-state index in [9.17, 15) is 35.1 Å². The van der Waals surface area contributed by atoms with Crippen LogP contribution in [-0.2, 0) is 0 Å². The van der Waals surface area contributed by atoms with Gasteiger partial charge in [-0.25, -0.2) is 35.1 Å². The van der Waals surface area contributed by atoms with E-state index in [4.69, 9.17) is 0 Å². The highest BCUT2D eigenvalue weighted by Crippen LogP contribution is 2.30. The van der Waals surface area contributed by atoms with Crippen LogP contribution in [0.25, 0.3) is 0 Å². The van der Waals surface area contributed by atoms with Gasteiger partial charge in [0.25, 0.3) is 0 Å². The molecule has 0 bridgehead atoms. The summed E-state index contributed by atoms with van der Waals surface area (Å²) in [5, 5.41) is 5.40. The van der Waals surface area contributed by atoms with E-state index in [0.717, 1.165) is 0 Å². The third-order valence-electron chi connectivity index (χ3n) is 2.43. The predicted octanol–water partition coefficient (Wildman–Crippen LogP) is 5.21. The summed E-state index contributed by atoms with van der Waals surface area (Å²) < 4.78 is 104. The molecule has 0 aliphatic rings. The van der Waals surface area contributed by atoms with Gasteiger partial charge in [-0.3, -0.25) is 0 Å². The number of hydrogen-bond donors (Lipinski definition) is 0. The number of azo groups is 1. The van der Waals surface area contributed by atoms with E-state index >= 15 is 0 Å². The smallest absolute Gasteiger partial charge is 0.199 e. The first-order valence-corrected chi connectivity index (χ1v) is 5.31. The number of benzene rings is 2. The lowest BCUT2D eigenvalue weighted by Gasteiger charge is -2.02. The zero-order chi connectivity index (χ0) is 16.6. The number of nitrogens with zero attached hydrogens (tertiary/aromatic N) is 2. The molecule has 0 aromatic heterocycles. The molecule has 0 atom stereocenters. The fourth-order valence-corrected chi connectivity index (χ4v) is 1.39. The van der Waals surface area contributed by atoms with Crippen LogP contribution in [0.1, 0.15) is 0 Å². The van der Waals surface area contributed by atoms with Gasteiger partial charge in [-0.1, -0.05) is 0 Å². The molecule has 0 aliphatic heterocycles. The lowest BCUT2D eigenvalue weighted by molar-refractivity contribution is 0.410. The zero-order valence-electron chi connectivity index (χ0n) is 10.1. The molecule has 10 heteroatoms. The van der Waals surface area contributed by atoms with E-state index in [1.54, 1.807) is 0 Å². The Hall–Kier alpha value is -2.52. The van der Waals surface area contributed by atoms with Crippen molar-refractivity contribution in [3.8, 4) is 0 Å². The largest absolute Gasteiger partial charge is 0.204 e. The van der Waals surface area contributed by atoms with E-state index in [-0.39, 0.29) is 12.1 Å². The Morgan fingerprint density at radius 1 is 0.500 bits per heavy atom. The minimum Gasteiger partial charge on any atom is -0.204 e. The maximum absolute atomic E-state index is 13.2. The van der Waals surface area contributed by atoms with Crippen LogP contribution in [0.5, 0.6) is 0 Å². The highest BCUT2D eigenvalue weighted by atomic mass is 19.2. The molecule has 2 aromatic rings. The Balaban J connectivity index is 2.55. The standard InChI is InChI=1S/C12H2F8N2/c13-3-1-4(14)9(18)12(8(3)17)22-21-6-2-5(15)7(16)11(20)10(6)19/h1-2H. The molecule has 2 aromatic carbocycles. The van der Waals surface area contributed by atoms with Gasteiger partial charge in [-0.05, 0) is 0 Å². The highest BCUT2D eigenvalue weighted by molar-refractivity contribution is 5.44. The zero-order valence-corrected chi connectivity index (χ0v) is 10.1. The topological polar surface area (TPSA) is 24.7 Å².